The summed E-state index contributed by atoms with van der Waals surface area (Å²) >= 11 is 0. The largest absolute Gasteiger partial charge is 0.495 e. The second kappa shape index (κ2) is 5.95. The average Bonchev–Trinajstić information content (AvgIpc) is 2.46. The normalized spacial score (nSPS) is 16.9. The third-order valence-corrected chi connectivity index (χ3v) is 5.19. The predicted octanol–water partition coefficient (Wildman–Crippen LogP) is 1.53. The molecule has 1 aromatic rings. The van der Waals surface area contributed by atoms with Gasteiger partial charge in [0.15, 0.2) is 0 Å². The number of aliphatic hydroxyl groups excluding tert-OH is 1. The standard InChI is InChI=1S/C14H19NO4S/c1-11-4-3-7-15(9-11)20(17,18)14-8-12(10-16)5-6-13(14)19-2/h4-6,8,16H,3,7,9-10H2,1-2H3. The summed E-state index contributed by atoms with van der Waals surface area (Å²) in [7, 11) is -2.18. The van der Waals surface area contributed by atoms with Crippen molar-refractivity contribution in [3.05, 3.63) is 35.4 Å². The quantitative estimate of drug-likeness (QED) is 0.856. The summed E-state index contributed by atoms with van der Waals surface area (Å²) in [4.78, 5) is 0.112. The molecule has 0 bridgehead atoms. The molecule has 0 saturated carbocycles. The van der Waals surface area contributed by atoms with Crippen LogP contribution in [0, 0.1) is 0 Å². The van der Waals surface area contributed by atoms with Crippen LogP contribution in [0.4, 0.5) is 0 Å². The molecule has 0 spiro atoms. The van der Waals surface area contributed by atoms with Crippen LogP contribution in [-0.2, 0) is 16.6 Å². The van der Waals surface area contributed by atoms with E-state index in [1.807, 2.05) is 13.0 Å². The zero-order valence-corrected chi connectivity index (χ0v) is 12.5. The Morgan fingerprint density at radius 3 is 2.75 bits per heavy atom. The van der Waals surface area contributed by atoms with Crippen LogP contribution in [0.5, 0.6) is 5.75 Å². The number of methoxy groups -OCH3 is 1. The van der Waals surface area contributed by atoms with Crippen molar-refractivity contribution in [1.82, 2.24) is 4.31 Å². The van der Waals surface area contributed by atoms with Crippen LogP contribution in [0.25, 0.3) is 0 Å². The first-order chi connectivity index (χ1) is 9.48. The van der Waals surface area contributed by atoms with Gasteiger partial charge in [-0.05, 0) is 31.0 Å². The molecule has 2 rings (SSSR count). The number of nitrogens with zero attached hydrogens (tertiary/aromatic N) is 1. The Balaban J connectivity index is 2.45. The van der Waals surface area contributed by atoms with E-state index in [2.05, 4.69) is 0 Å². The third kappa shape index (κ3) is 2.87. The van der Waals surface area contributed by atoms with E-state index in [-0.39, 0.29) is 11.5 Å². The zero-order valence-electron chi connectivity index (χ0n) is 11.7. The lowest BCUT2D eigenvalue weighted by Gasteiger charge is -2.26. The van der Waals surface area contributed by atoms with Crippen LogP contribution in [0.3, 0.4) is 0 Å². The second-order valence-corrected chi connectivity index (χ2v) is 6.73. The minimum absolute atomic E-state index is 0.112. The molecule has 1 heterocycles. The molecule has 0 saturated heterocycles. The number of benzene rings is 1. The van der Waals surface area contributed by atoms with Gasteiger partial charge in [-0.1, -0.05) is 17.7 Å². The van der Waals surface area contributed by atoms with Crippen LogP contribution in [0.15, 0.2) is 34.7 Å². The molecule has 1 aliphatic rings. The van der Waals surface area contributed by atoms with Gasteiger partial charge < -0.3 is 9.84 Å². The van der Waals surface area contributed by atoms with Gasteiger partial charge >= 0.3 is 0 Å². The molecule has 0 amide bonds. The van der Waals surface area contributed by atoms with Crippen LogP contribution < -0.4 is 4.74 Å². The number of hydrogen-bond acceptors (Lipinski definition) is 4. The average molecular weight is 297 g/mol. The summed E-state index contributed by atoms with van der Waals surface area (Å²) in [5.74, 6) is 0.300. The van der Waals surface area contributed by atoms with E-state index in [1.54, 1.807) is 12.1 Å². The monoisotopic (exact) mass is 297 g/mol. The van der Waals surface area contributed by atoms with Gasteiger partial charge in [-0.25, -0.2) is 8.42 Å². The van der Waals surface area contributed by atoms with Gasteiger partial charge in [-0.3, -0.25) is 0 Å². The number of hydrogen-bond donors (Lipinski definition) is 1. The van der Waals surface area contributed by atoms with Gasteiger partial charge in [0, 0.05) is 13.1 Å². The SMILES string of the molecule is COc1ccc(CO)cc1S(=O)(=O)N1CCC=C(C)C1. The van der Waals surface area contributed by atoms with E-state index >= 15 is 0 Å². The molecule has 0 unspecified atom stereocenters. The van der Waals surface area contributed by atoms with Gasteiger partial charge in [0.25, 0.3) is 0 Å². The van der Waals surface area contributed by atoms with Crippen molar-refractivity contribution >= 4 is 10.0 Å². The van der Waals surface area contributed by atoms with Crippen molar-refractivity contribution in [2.75, 3.05) is 20.2 Å². The molecule has 5 nitrogen and oxygen atoms in total. The first-order valence-electron chi connectivity index (χ1n) is 6.42. The first kappa shape index (κ1) is 15.0. The van der Waals surface area contributed by atoms with Crippen molar-refractivity contribution in [1.29, 1.82) is 0 Å². The van der Waals surface area contributed by atoms with Crippen molar-refractivity contribution < 1.29 is 18.3 Å². The van der Waals surface area contributed by atoms with Crippen molar-refractivity contribution in [3.8, 4) is 5.75 Å². The molecule has 110 valence electrons. The van der Waals surface area contributed by atoms with Crippen molar-refractivity contribution in [2.24, 2.45) is 0 Å². The van der Waals surface area contributed by atoms with E-state index < -0.39 is 10.0 Å². The van der Waals surface area contributed by atoms with E-state index in [4.69, 9.17) is 4.74 Å². The lowest BCUT2D eigenvalue weighted by Crippen LogP contribution is -2.35. The summed E-state index contributed by atoms with van der Waals surface area (Å²) in [6.07, 6.45) is 2.76. The molecule has 0 atom stereocenters. The number of aliphatic hydroxyl groups is 1. The van der Waals surface area contributed by atoms with Gasteiger partial charge in [0.2, 0.25) is 10.0 Å². The topological polar surface area (TPSA) is 66.8 Å². The Morgan fingerprint density at radius 1 is 1.40 bits per heavy atom. The van der Waals surface area contributed by atoms with Gasteiger partial charge in [-0.2, -0.15) is 4.31 Å². The summed E-state index contributed by atoms with van der Waals surface area (Å²) in [5.41, 5.74) is 1.59. The van der Waals surface area contributed by atoms with E-state index in [0.29, 0.717) is 30.8 Å². The maximum Gasteiger partial charge on any atom is 0.247 e. The lowest BCUT2D eigenvalue weighted by molar-refractivity contribution is 0.281. The van der Waals surface area contributed by atoms with Gasteiger partial charge in [-0.15, -0.1) is 0 Å². The Bertz CT molecular complexity index is 622. The summed E-state index contributed by atoms with van der Waals surface area (Å²) in [5, 5.41) is 9.19. The molecule has 0 fully saturated rings. The highest BCUT2D eigenvalue weighted by molar-refractivity contribution is 7.89. The summed E-state index contributed by atoms with van der Waals surface area (Å²) in [6, 6.07) is 4.70. The smallest absolute Gasteiger partial charge is 0.247 e. The molecular formula is C14H19NO4S. The van der Waals surface area contributed by atoms with E-state index in [0.717, 1.165) is 5.57 Å². The van der Waals surface area contributed by atoms with Crippen LogP contribution in [-0.4, -0.2) is 38.0 Å². The first-order valence-corrected chi connectivity index (χ1v) is 7.86. The number of sulfonamides is 1. The Morgan fingerprint density at radius 2 is 2.15 bits per heavy atom. The molecule has 0 aliphatic carbocycles. The molecule has 6 heteroatoms. The van der Waals surface area contributed by atoms with Crippen LogP contribution in [0.1, 0.15) is 18.9 Å². The molecule has 1 aliphatic heterocycles. The maximum atomic E-state index is 12.7. The fourth-order valence-corrected chi connectivity index (χ4v) is 3.95. The zero-order chi connectivity index (χ0) is 14.8. The highest BCUT2D eigenvalue weighted by Crippen LogP contribution is 2.29. The van der Waals surface area contributed by atoms with Crippen molar-refractivity contribution in [3.63, 3.8) is 0 Å². The maximum absolute atomic E-state index is 12.7. The van der Waals surface area contributed by atoms with Crippen molar-refractivity contribution in [2.45, 2.75) is 24.8 Å². The molecule has 20 heavy (non-hydrogen) atoms. The molecular weight excluding hydrogens is 278 g/mol. The Hall–Kier alpha value is -1.37. The van der Waals surface area contributed by atoms with E-state index in [1.165, 1.54) is 17.5 Å². The number of ether oxygens (including phenoxy) is 1. The summed E-state index contributed by atoms with van der Waals surface area (Å²) < 4.78 is 32.0. The van der Waals surface area contributed by atoms with E-state index in [9.17, 15) is 13.5 Å². The Labute approximate surface area is 119 Å². The highest BCUT2D eigenvalue weighted by Gasteiger charge is 2.29. The van der Waals surface area contributed by atoms with Crippen LogP contribution in [0.2, 0.25) is 0 Å². The minimum Gasteiger partial charge on any atom is -0.495 e. The second-order valence-electron chi connectivity index (χ2n) is 4.82. The van der Waals surface area contributed by atoms with Crippen LogP contribution >= 0.6 is 0 Å². The molecule has 0 radical (unpaired) electrons. The fourth-order valence-electron chi connectivity index (χ4n) is 2.24. The minimum atomic E-state index is -3.61. The fraction of sp³-hybridized carbons (Fsp3) is 0.429. The third-order valence-electron chi connectivity index (χ3n) is 3.33. The Kier molecular flexibility index (Phi) is 4.47. The predicted molar refractivity (Wildman–Crippen MR) is 76.0 cm³/mol. The molecule has 1 N–H and O–H groups in total. The number of rotatable bonds is 4. The lowest BCUT2D eigenvalue weighted by atomic mass is 10.2. The summed E-state index contributed by atoms with van der Waals surface area (Å²) in [6.45, 7) is 2.58. The highest BCUT2D eigenvalue weighted by atomic mass is 32.2. The molecule has 0 aromatic heterocycles. The van der Waals surface area contributed by atoms with Gasteiger partial charge in [0.1, 0.15) is 10.6 Å². The molecule has 1 aromatic carbocycles. The van der Waals surface area contributed by atoms with Gasteiger partial charge in [0.05, 0.1) is 13.7 Å².